The lowest BCUT2D eigenvalue weighted by molar-refractivity contribution is -0.664. The molecule has 2 aliphatic heterocycles. The minimum absolute atomic E-state index is 0. The Morgan fingerprint density at radius 2 is 0.975 bits per heavy atom. The van der Waals surface area contributed by atoms with E-state index in [2.05, 4.69) is 237 Å². The first kappa shape index (κ1) is 72.5. The van der Waals surface area contributed by atoms with Crippen molar-refractivity contribution in [1.29, 1.82) is 0 Å². The van der Waals surface area contributed by atoms with Crippen molar-refractivity contribution in [3.63, 3.8) is 0 Å². The molecule has 7 nitrogen and oxygen atoms in total. The summed E-state index contributed by atoms with van der Waals surface area (Å²) in [5, 5.41) is 6.71. The summed E-state index contributed by atoms with van der Waals surface area (Å²) in [6, 6.07) is 35.3. The van der Waals surface area contributed by atoms with Crippen LogP contribution in [-0.4, -0.2) is 18.1 Å². The molecular weight excluding hydrogens is 963 g/mol. The van der Waals surface area contributed by atoms with Gasteiger partial charge in [0.15, 0.2) is 5.69 Å². The van der Waals surface area contributed by atoms with Gasteiger partial charge in [0.05, 0.1) is 58.1 Å². The minimum Gasteiger partial charge on any atom is -0.237 e. The minimum atomic E-state index is 0. The summed E-state index contributed by atoms with van der Waals surface area (Å²) in [6.45, 7) is 49.3. The highest BCUT2D eigenvalue weighted by molar-refractivity contribution is 6.13. The third kappa shape index (κ3) is 13.4. The summed E-state index contributed by atoms with van der Waals surface area (Å²) < 4.78 is 16.1. The van der Waals surface area contributed by atoms with Gasteiger partial charge in [0, 0.05) is 44.4 Å². The molecule has 0 atom stereocenters. The summed E-state index contributed by atoms with van der Waals surface area (Å²) in [4.78, 5) is 0. The second kappa shape index (κ2) is 33.2. The molecule has 12 rings (SSSR count). The topological polar surface area (TPSA) is 30.8 Å². The van der Waals surface area contributed by atoms with Gasteiger partial charge in [0.25, 0.3) is 11.5 Å². The van der Waals surface area contributed by atoms with Gasteiger partial charge in [0.2, 0.25) is 0 Å². The van der Waals surface area contributed by atoms with Gasteiger partial charge in [-0.25, -0.2) is 22.8 Å². The standard InChI is InChI=1S/C23H25N2.C18H18N3.C13H15N2.8C2H6.2CH4/c1-14-9-7-10-15-16-11-8-12-17-20(16)25-18(23(4,5)22(17,2)3)13-24(6)21(25)19(14)15;1-13-7-6-9-15-14-8-4-5-10-16(14)21(17(13)15)18-19(2)11-12-20(18)3;1-10-4-3-5-11-6-7-15-9-8-14(2)13(15)12(10)11;8*1-2;;/h7-13H,1-6H3;4-12H,1-3H3;3-5,8-9H,6-7H2,1-2H3;8*1-2H3;2*1H4/q3*+1;;;;;;;;;;. The molecule has 0 fully saturated rings. The Labute approximate surface area is 483 Å². The number of aromatic nitrogens is 7. The third-order valence-corrected chi connectivity index (χ3v) is 14.5. The highest BCUT2D eigenvalue weighted by atomic mass is 15.3. The number of benzene rings is 5. The molecular formula is C72H114N7+3. The van der Waals surface area contributed by atoms with Crippen molar-refractivity contribution >= 4 is 49.1 Å². The number of nitrogens with zero attached hydrogens (tertiary/aromatic N) is 7. The van der Waals surface area contributed by atoms with Gasteiger partial charge in [-0.3, -0.25) is 0 Å². The van der Waals surface area contributed by atoms with Gasteiger partial charge in [0.1, 0.15) is 35.1 Å². The maximum Gasteiger partial charge on any atom is 0.369 e. The van der Waals surface area contributed by atoms with E-state index in [-0.39, 0.29) is 25.7 Å². The molecule has 0 saturated carbocycles. The summed E-state index contributed by atoms with van der Waals surface area (Å²) in [6.07, 6.45) is 12.0. The van der Waals surface area contributed by atoms with Crippen LogP contribution in [0.25, 0.3) is 66.5 Å². The van der Waals surface area contributed by atoms with Crippen molar-refractivity contribution in [2.24, 2.45) is 28.2 Å². The predicted molar refractivity (Wildman–Crippen MR) is 354 cm³/mol. The van der Waals surface area contributed by atoms with Crippen LogP contribution in [0.3, 0.4) is 0 Å². The molecule has 0 N–H and O–H groups in total. The largest absolute Gasteiger partial charge is 0.369 e. The average Bonchev–Trinajstić information content (AvgIpc) is 4.28. The molecule has 0 unspecified atom stereocenters. The molecule has 79 heavy (non-hydrogen) atoms. The maximum atomic E-state index is 2.53. The molecule has 0 aliphatic carbocycles. The maximum absolute atomic E-state index is 2.53. The van der Waals surface area contributed by atoms with Gasteiger partial charge < -0.3 is 0 Å². The monoisotopic (exact) mass is 1080 g/mol. The number of rotatable bonds is 1. The normalized spacial score (nSPS) is 11.9. The summed E-state index contributed by atoms with van der Waals surface area (Å²) in [5.41, 5.74) is 15.1. The number of hydrogen-bond acceptors (Lipinski definition) is 0. The van der Waals surface area contributed by atoms with Crippen LogP contribution < -0.4 is 13.7 Å². The summed E-state index contributed by atoms with van der Waals surface area (Å²) in [5.74, 6) is 2.50. The molecule has 5 aromatic carbocycles. The van der Waals surface area contributed by atoms with Gasteiger partial charge >= 0.3 is 5.95 Å². The van der Waals surface area contributed by atoms with E-state index < -0.39 is 0 Å². The van der Waals surface area contributed by atoms with Gasteiger partial charge in [-0.15, -0.1) is 0 Å². The van der Waals surface area contributed by atoms with Crippen molar-refractivity contribution in [2.75, 3.05) is 0 Å². The zero-order valence-electron chi connectivity index (χ0n) is 53.7. The van der Waals surface area contributed by atoms with E-state index in [1.54, 1.807) is 0 Å². The van der Waals surface area contributed by atoms with Crippen LogP contribution in [0, 0.1) is 20.8 Å². The van der Waals surface area contributed by atoms with Crippen LogP contribution in [0.15, 0.2) is 128 Å². The highest BCUT2D eigenvalue weighted by Crippen LogP contribution is 2.51. The number of fused-ring (bicyclic) bond motifs is 9. The Morgan fingerprint density at radius 1 is 0.481 bits per heavy atom. The van der Waals surface area contributed by atoms with Crippen LogP contribution >= 0.6 is 0 Å². The zero-order valence-corrected chi connectivity index (χ0v) is 53.7. The lowest BCUT2D eigenvalue weighted by Crippen LogP contribution is -2.44. The number of para-hydroxylation sites is 3. The van der Waals surface area contributed by atoms with Crippen molar-refractivity contribution in [2.45, 2.75) is 198 Å². The molecule has 0 radical (unpaired) electrons. The van der Waals surface area contributed by atoms with Crippen molar-refractivity contribution in [3.05, 3.63) is 162 Å². The average molecular weight is 1080 g/mol. The van der Waals surface area contributed by atoms with Crippen molar-refractivity contribution < 1.29 is 13.7 Å². The fraction of sp³-hybridized carbons (Fsp3) is 0.458. The molecule has 5 aromatic heterocycles. The molecule has 7 heterocycles. The van der Waals surface area contributed by atoms with Crippen molar-refractivity contribution in [1.82, 2.24) is 18.1 Å². The Hall–Kier alpha value is -6.47. The smallest absolute Gasteiger partial charge is 0.237 e. The number of pyridine rings is 1. The molecule has 10 aromatic rings. The van der Waals surface area contributed by atoms with E-state index in [9.17, 15) is 0 Å². The number of hydrogen-bond donors (Lipinski definition) is 0. The van der Waals surface area contributed by atoms with Gasteiger partial charge in [-0.1, -0.05) is 244 Å². The van der Waals surface area contributed by atoms with E-state index in [0.717, 1.165) is 18.9 Å². The van der Waals surface area contributed by atoms with Gasteiger partial charge in [-0.05, 0) is 49.1 Å². The van der Waals surface area contributed by atoms with E-state index >= 15 is 0 Å². The Bertz CT molecular complexity index is 3380. The first-order valence-electron chi connectivity index (χ1n) is 29.7. The summed E-state index contributed by atoms with van der Waals surface area (Å²) in [7, 11) is 8.49. The quantitative estimate of drug-likeness (QED) is 0.116. The van der Waals surface area contributed by atoms with Crippen LogP contribution in [0.4, 0.5) is 0 Å². The Kier molecular flexibility index (Phi) is 30.5. The first-order chi connectivity index (χ1) is 37.2. The van der Waals surface area contributed by atoms with Gasteiger partial charge in [-0.2, -0.15) is 8.97 Å². The van der Waals surface area contributed by atoms with E-state index in [4.69, 9.17) is 0 Å². The van der Waals surface area contributed by atoms with E-state index in [0.29, 0.717) is 0 Å². The molecule has 0 saturated heterocycles. The fourth-order valence-electron chi connectivity index (χ4n) is 10.7. The lowest BCUT2D eigenvalue weighted by atomic mass is 9.61. The van der Waals surface area contributed by atoms with Crippen LogP contribution in [0.1, 0.15) is 187 Å². The first-order valence-corrected chi connectivity index (χ1v) is 29.7. The fourth-order valence-corrected chi connectivity index (χ4v) is 10.7. The highest BCUT2D eigenvalue weighted by Gasteiger charge is 2.50. The van der Waals surface area contributed by atoms with Crippen molar-refractivity contribution in [3.8, 4) is 17.3 Å². The number of imidazole rings is 3. The molecule has 7 heteroatoms. The SMILES string of the molecule is C.C.CC.CC.CC.CC.CC.CC.CC.CC.Cc1cccc2c1-c1n(cc[n+]1C)CC2.Cc1cccc2c3cccc4c3n3c(c[n+](C)c3c12)C(C)(C)C4(C)C.Cc1cccc2c3ccccc3n(-c3n(C)cc[n+]3C)c12. The lowest BCUT2D eigenvalue weighted by Gasteiger charge is -2.42. The Balaban J connectivity index is 0.00000103. The van der Waals surface area contributed by atoms with Crippen LogP contribution in [0.2, 0.25) is 0 Å². The third-order valence-electron chi connectivity index (χ3n) is 14.5. The second-order valence-electron chi connectivity index (χ2n) is 18.7. The van der Waals surface area contributed by atoms with E-state index in [1.165, 1.54) is 94.0 Å². The predicted octanol–water partition coefficient (Wildman–Crippen LogP) is 19.5. The van der Waals surface area contributed by atoms with Crippen LogP contribution in [-0.2, 0) is 52.0 Å². The van der Waals surface area contributed by atoms with E-state index in [1.807, 2.05) is 111 Å². The molecule has 0 amide bonds. The zero-order chi connectivity index (χ0) is 58.7. The molecule has 0 spiro atoms. The molecule has 434 valence electrons. The second-order valence-corrected chi connectivity index (χ2v) is 18.7. The number of aryl methyl sites for hydroxylation is 9. The summed E-state index contributed by atoms with van der Waals surface area (Å²) >= 11 is 0. The van der Waals surface area contributed by atoms with Crippen LogP contribution in [0.5, 0.6) is 0 Å². The molecule has 0 bridgehead atoms. The molecule has 2 aliphatic rings. The Morgan fingerprint density at radius 3 is 1.56 bits per heavy atom.